The Morgan fingerprint density at radius 2 is 1.75 bits per heavy atom. The van der Waals surface area contributed by atoms with Gasteiger partial charge in [0, 0.05) is 6.61 Å². The van der Waals surface area contributed by atoms with Gasteiger partial charge in [0.1, 0.15) is 5.75 Å². The summed E-state index contributed by atoms with van der Waals surface area (Å²) in [6, 6.07) is 8.55. The molecule has 0 saturated carbocycles. The number of benzene rings is 1. The standard InChI is InChI=1S/C17H29NO2/c1-5-8-16(20-7-3)17(18-13-6-2)14-9-11-15(19-4)12-10-14/h9-12,16-18H,5-8,13H2,1-4H3. The van der Waals surface area contributed by atoms with Crippen LogP contribution in [0.2, 0.25) is 0 Å². The van der Waals surface area contributed by atoms with E-state index >= 15 is 0 Å². The van der Waals surface area contributed by atoms with Crippen molar-refractivity contribution in [3.63, 3.8) is 0 Å². The van der Waals surface area contributed by atoms with Gasteiger partial charge in [-0.15, -0.1) is 0 Å². The Kier molecular flexibility index (Phi) is 8.31. The zero-order valence-electron chi connectivity index (χ0n) is 13.3. The van der Waals surface area contributed by atoms with Gasteiger partial charge < -0.3 is 14.8 Å². The van der Waals surface area contributed by atoms with Crippen LogP contribution in [0.25, 0.3) is 0 Å². The molecule has 0 amide bonds. The summed E-state index contributed by atoms with van der Waals surface area (Å²) in [6.07, 6.45) is 3.55. The molecular weight excluding hydrogens is 250 g/mol. The molecule has 3 nitrogen and oxygen atoms in total. The molecule has 1 aromatic carbocycles. The van der Waals surface area contributed by atoms with E-state index in [1.165, 1.54) is 5.56 Å². The van der Waals surface area contributed by atoms with E-state index < -0.39 is 0 Å². The van der Waals surface area contributed by atoms with Gasteiger partial charge in [-0.1, -0.05) is 32.4 Å². The maximum atomic E-state index is 5.96. The second kappa shape index (κ2) is 9.78. The second-order valence-corrected chi connectivity index (χ2v) is 4.99. The van der Waals surface area contributed by atoms with Crippen molar-refractivity contribution < 1.29 is 9.47 Å². The van der Waals surface area contributed by atoms with Crippen LogP contribution in [0.5, 0.6) is 5.75 Å². The molecule has 0 saturated heterocycles. The Hall–Kier alpha value is -1.06. The highest BCUT2D eigenvalue weighted by Crippen LogP contribution is 2.25. The smallest absolute Gasteiger partial charge is 0.118 e. The molecular formula is C17H29NO2. The van der Waals surface area contributed by atoms with Crippen molar-refractivity contribution in [2.24, 2.45) is 0 Å². The maximum Gasteiger partial charge on any atom is 0.118 e. The van der Waals surface area contributed by atoms with Crippen molar-refractivity contribution in [3.8, 4) is 5.75 Å². The van der Waals surface area contributed by atoms with Gasteiger partial charge in [-0.3, -0.25) is 0 Å². The minimum atomic E-state index is 0.227. The second-order valence-electron chi connectivity index (χ2n) is 4.99. The third-order valence-electron chi connectivity index (χ3n) is 3.41. The predicted octanol–water partition coefficient (Wildman–Crippen LogP) is 3.94. The lowest BCUT2D eigenvalue weighted by atomic mass is 9.97. The van der Waals surface area contributed by atoms with Crippen LogP contribution in [0, 0.1) is 0 Å². The highest BCUT2D eigenvalue weighted by Gasteiger charge is 2.22. The number of rotatable bonds is 10. The Balaban J connectivity index is 2.88. The third-order valence-corrected chi connectivity index (χ3v) is 3.41. The highest BCUT2D eigenvalue weighted by atomic mass is 16.5. The summed E-state index contributed by atoms with van der Waals surface area (Å²) in [6.45, 7) is 8.22. The molecule has 1 rings (SSSR count). The molecule has 2 atom stereocenters. The largest absolute Gasteiger partial charge is 0.497 e. The van der Waals surface area contributed by atoms with Crippen molar-refractivity contribution >= 4 is 0 Å². The minimum absolute atomic E-state index is 0.227. The fraction of sp³-hybridized carbons (Fsp3) is 0.647. The third kappa shape index (κ3) is 5.14. The van der Waals surface area contributed by atoms with E-state index in [4.69, 9.17) is 9.47 Å². The first-order valence-corrected chi connectivity index (χ1v) is 7.75. The fourth-order valence-corrected chi connectivity index (χ4v) is 2.42. The molecule has 0 spiro atoms. The summed E-state index contributed by atoms with van der Waals surface area (Å²) < 4.78 is 11.2. The lowest BCUT2D eigenvalue weighted by Crippen LogP contribution is -2.34. The zero-order valence-corrected chi connectivity index (χ0v) is 13.3. The molecule has 0 bridgehead atoms. The van der Waals surface area contributed by atoms with Crippen molar-refractivity contribution in [2.45, 2.75) is 52.2 Å². The van der Waals surface area contributed by atoms with Crippen LogP contribution in [-0.2, 0) is 4.74 Å². The van der Waals surface area contributed by atoms with E-state index in [-0.39, 0.29) is 12.1 Å². The van der Waals surface area contributed by atoms with Crippen LogP contribution in [0.3, 0.4) is 0 Å². The van der Waals surface area contributed by atoms with E-state index in [2.05, 4.69) is 38.2 Å². The van der Waals surface area contributed by atoms with Crippen LogP contribution in [0.1, 0.15) is 51.6 Å². The molecule has 1 N–H and O–H groups in total. The highest BCUT2D eigenvalue weighted by molar-refractivity contribution is 5.29. The summed E-state index contributed by atoms with van der Waals surface area (Å²) in [5.74, 6) is 0.895. The molecule has 0 fully saturated rings. The van der Waals surface area contributed by atoms with E-state index in [9.17, 15) is 0 Å². The first-order valence-electron chi connectivity index (χ1n) is 7.75. The van der Waals surface area contributed by atoms with Gasteiger partial charge in [-0.25, -0.2) is 0 Å². The molecule has 1 aromatic rings. The lowest BCUT2D eigenvalue weighted by Gasteiger charge is -2.28. The first-order chi connectivity index (χ1) is 9.76. The molecule has 0 heterocycles. The SMILES string of the molecule is CCCNC(c1ccc(OC)cc1)C(CCC)OCC. The molecule has 3 heteroatoms. The molecule has 20 heavy (non-hydrogen) atoms. The number of hydrogen-bond acceptors (Lipinski definition) is 3. The Morgan fingerprint density at radius 1 is 1.05 bits per heavy atom. The molecule has 2 unspecified atom stereocenters. The summed E-state index contributed by atoms with van der Waals surface area (Å²) >= 11 is 0. The topological polar surface area (TPSA) is 30.5 Å². The van der Waals surface area contributed by atoms with Crippen LogP contribution in [-0.4, -0.2) is 26.4 Å². The Morgan fingerprint density at radius 3 is 2.25 bits per heavy atom. The van der Waals surface area contributed by atoms with Gasteiger partial charge in [0.15, 0.2) is 0 Å². The van der Waals surface area contributed by atoms with E-state index in [1.54, 1.807) is 7.11 Å². The normalized spacial score (nSPS) is 14.0. The predicted molar refractivity (Wildman–Crippen MR) is 84.4 cm³/mol. The van der Waals surface area contributed by atoms with Crippen molar-refractivity contribution in [3.05, 3.63) is 29.8 Å². The maximum absolute atomic E-state index is 5.96. The van der Waals surface area contributed by atoms with Crippen molar-refractivity contribution in [1.82, 2.24) is 5.32 Å². The molecule has 0 aromatic heterocycles. The van der Waals surface area contributed by atoms with Crippen LogP contribution < -0.4 is 10.1 Å². The number of ether oxygens (including phenoxy) is 2. The lowest BCUT2D eigenvalue weighted by molar-refractivity contribution is 0.0276. The van der Waals surface area contributed by atoms with E-state index in [1.807, 2.05) is 12.1 Å². The minimum Gasteiger partial charge on any atom is -0.497 e. The number of methoxy groups -OCH3 is 1. The van der Waals surface area contributed by atoms with Crippen LogP contribution >= 0.6 is 0 Å². The van der Waals surface area contributed by atoms with Crippen molar-refractivity contribution in [2.75, 3.05) is 20.3 Å². The average Bonchev–Trinajstić information content (AvgIpc) is 2.48. The number of hydrogen-bond donors (Lipinski definition) is 1. The van der Waals surface area contributed by atoms with Gasteiger partial charge in [-0.2, -0.15) is 0 Å². The fourth-order valence-electron chi connectivity index (χ4n) is 2.42. The number of nitrogens with one attached hydrogen (secondary N) is 1. The van der Waals surface area contributed by atoms with Crippen molar-refractivity contribution in [1.29, 1.82) is 0 Å². The Labute approximate surface area is 123 Å². The Bertz CT molecular complexity index is 345. The monoisotopic (exact) mass is 279 g/mol. The van der Waals surface area contributed by atoms with Gasteiger partial charge in [0.05, 0.1) is 19.3 Å². The summed E-state index contributed by atoms with van der Waals surface area (Å²) in [4.78, 5) is 0. The molecule has 0 aliphatic rings. The van der Waals surface area contributed by atoms with Gasteiger partial charge >= 0.3 is 0 Å². The van der Waals surface area contributed by atoms with Crippen LogP contribution in [0.4, 0.5) is 0 Å². The van der Waals surface area contributed by atoms with Gasteiger partial charge in [-0.05, 0) is 44.0 Å². The average molecular weight is 279 g/mol. The zero-order chi connectivity index (χ0) is 14.8. The molecule has 0 aliphatic heterocycles. The van der Waals surface area contributed by atoms with Gasteiger partial charge in [0.2, 0.25) is 0 Å². The summed E-state index contributed by atoms with van der Waals surface area (Å²) in [7, 11) is 1.70. The van der Waals surface area contributed by atoms with Crippen LogP contribution in [0.15, 0.2) is 24.3 Å². The van der Waals surface area contributed by atoms with E-state index in [0.29, 0.717) is 0 Å². The first kappa shape index (κ1) is 17.0. The molecule has 0 radical (unpaired) electrons. The summed E-state index contributed by atoms with van der Waals surface area (Å²) in [5, 5.41) is 3.63. The van der Waals surface area contributed by atoms with E-state index in [0.717, 1.165) is 38.2 Å². The summed E-state index contributed by atoms with van der Waals surface area (Å²) in [5.41, 5.74) is 1.27. The quantitative estimate of drug-likeness (QED) is 0.703. The van der Waals surface area contributed by atoms with Gasteiger partial charge in [0.25, 0.3) is 0 Å². The molecule has 0 aliphatic carbocycles. The molecule has 114 valence electrons.